The van der Waals surface area contributed by atoms with Crippen LogP contribution in [0.5, 0.6) is 0 Å². The van der Waals surface area contributed by atoms with Crippen LogP contribution in [0.1, 0.15) is 23.1 Å². The van der Waals surface area contributed by atoms with Gasteiger partial charge >= 0.3 is 5.97 Å². The summed E-state index contributed by atoms with van der Waals surface area (Å²) in [4.78, 5) is 26.4. The maximum atomic E-state index is 12.1. The molecule has 5 N–H and O–H groups in total. The molecule has 0 aliphatic heterocycles. The minimum atomic E-state index is -0.370. The van der Waals surface area contributed by atoms with E-state index in [0.717, 1.165) is 50.2 Å². The molecule has 6 rings (SSSR count). The molecule has 0 unspecified atom stereocenters. The van der Waals surface area contributed by atoms with Gasteiger partial charge in [-0.05, 0) is 43.3 Å². The van der Waals surface area contributed by atoms with E-state index >= 15 is 0 Å². The molecule has 196 valence electrons. The van der Waals surface area contributed by atoms with E-state index in [1.165, 1.54) is 0 Å². The molecule has 0 atom stereocenters. The van der Waals surface area contributed by atoms with Gasteiger partial charge in [-0.1, -0.05) is 36.4 Å². The van der Waals surface area contributed by atoms with Gasteiger partial charge in [0.25, 0.3) is 0 Å². The van der Waals surface area contributed by atoms with E-state index < -0.39 is 0 Å². The molecule has 0 radical (unpaired) electrons. The lowest BCUT2D eigenvalue weighted by Gasteiger charge is -2.07. The second-order valence-electron chi connectivity index (χ2n) is 8.55. The molecular weight excluding hydrogens is 492 g/mol. The number of carbonyl (C=O) groups is 1. The molecule has 4 aromatic heterocycles. The third-order valence-electron chi connectivity index (χ3n) is 6.03. The third kappa shape index (κ3) is 5.73. The number of para-hydroxylation sites is 2. The van der Waals surface area contributed by atoms with Crippen LogP contribution in [0.4, 0.5) is 22.7 Å². The predicted octanol–water partition coefficient (Wildman–Crippen LogP) is 6.28. The molecule has 39 heavy (non-hydrogen) atoms. The molecule has 0 saturated heterocycles. The van der Waals surface area contributed by atoms with Gasteiger partial charge in [0.15, 0.2) is 0 Å². The summed E-state index contributed by atoms with van der Waals surface area (Å²) in [6.07, 6.45) is 6.86. The first-order valence-electron chi connectivity index (χ1n) is 12.5. The Hall–Kier alpha value is -5.15. The smallest absolute Gasteiger partial charge is 0.356 e. The third-order valence-corrected chi connectivity index (χ3v) is 6.03. The fourth-order valence-corrected chi connectivity index (χ4v) is 4.25. The molecule has 9 nitrogen and oxygen atoms in total. The van der Waals surface area contributed by atoms with Crippen LogP contribution in [-0.2, 0) is 11.3 Å². The quantitative estimate of drug-likeness (QED) is 0.157. The van der Waals surface area contributed by atoms with Crippen molar-refractivity contribution in [2.24, 2.45) is 0 Å². The van der Waals surface area contributed by atoms with Crippen LogP contribution in [0.3, 0.4) is 0 Å². The number of hydrogen-bond donors (Lipinski definition) is 5. The van der Waals surface area contributed by atoms with E-state index in [0.29, 0.717) is 12.3 Å². The molecule has 9 heteroatoms. The number of nitrogens with zero attached hydrogens (tertiary/aromatic N) is 2. The lowest BCUT2D eigenvalue weighted by Crippen LogP contribution is -2.07. The summed E-state index contributed by atoms with van der Waals surface area (Å²) in [6.45, 7) is 2.10. The summed E-state index contributed by atoms with van der Waals surface area (Å²) in [6, 6.07) is 23.2. The number of benzene rings is 2. The number of aliphatic hydroxyl groups excluding tert-OH is 1. The van der Waals surface area contributed by atoms with Crippen molar-refractivity contribution in [1.82, 2.24) is 19.9 Å². The normalized spacial score (nSPS) is 10.6. The van der Waals surface area contributed by atoms with Gasteiger partial charge in [-0.25, -0.2) is 4.79 Å². The number of aliphatic hydroxyl groups is 1. The second kappa shape index (κ2) is 11.9. The largest absolute Gasteiger partial charge is 0.461 e. The van der Waals surface area contributed by atoms with Gasteiger partial charge in [-0.3, -0.25) is 9.97 Å². The zero-order valence-corrected chi connectivity index (χ0v) is 21.3. The van der Waals surface area contributed by atoms with Crippen LogP contribution in [0.15, 0.2) is 97.6 Å². The highest BCUT2D eigenvalue weighted by Crippen LogP contribution is 2.31. The lowest BCUT2D eigenvalue weighted by atomic mass is 10.2. The van der Waals surface area contributed by atoms with Gasteiger partial charge < -0.3 is 30.4 Å². The maximum absolute atomic E-state index is 12.1. The van der Waals surface area contributed by atoms with Gasteiger partial charge in [0.2, 0.25) is 0 Å². The summed E-state index contributed by atoms with van der Waals surface area (Å²) in [5.41, 5.74) is 6.55. The summed E-state index contributed by atoms with van der Waals surface area (Å²) in [7, 11) is 0. The Bertz CT molecular complexity index is 1680. The number of esters is 1. The lowest BCUT2D eigenvalue weighted by molar-refractivity contribution is 0.0522. The first-order chi connectivity index (χ1) is 19.2. The van der Waals surface area contributed by atoms with Crippen LogP contribution < -0.4 is 10.6 Å². The molecule has 4 heterocycles. The summed E-state index contributed by atoms with van der Waals surface area (Å²) in [5.74, 6) is -0.370. The van der Waals surface area contributed by atoms with Crippen molar-refractivity contribution in [3.63, 3.8) is 0 Å². The van der Waals surface area contributed by atoms with Crippen molar-refractivity contribution in [1.29, 1.82) is 0 Å². The molecule has 0 fully saturated rings. The van der Waals surface area contributed by atoms with E-state index in [1.807, 2.05) is 72.8 Å². The number of pyridine rings is 2. The Balaban J connectivity index is 0.000000160. The molecule has 0 aliphatic rings. The first kappa shape index (κ1) is 25.5. The van der Waals surface area contributed by atoms with E-state index in [2.05, 4.69) is 30.6 Å². The van der Waals surface area contributed by atoms with Gasteiger partial charge in [0.05, 0.1) is 30.3 Å². The van der Waals surface area contributed by atoms with E-state index in [-0.39, 0.29) is 12.6 Å². The van der Waals surface area contributed by atoms with E-state index in [4.69, 9.17) is 4.74 Å². The molecule has 2 aromatic carbocycles. The fraction of sp³-hybridized carbons (Fsp3) is 0.100. The second-order valence-corrected chi connectivity index (χ2v) is 8.55. The molecule has 0 saturated carbocycles. The van der Waals surface area contributed by atoms with Crippen LogP contribution in [0.25, 0.3) is 21.8 Å². The van der Waals surface area contributed by atoms with Gasteiger partial charge in [-0.2, -0.15) is 0 Å². The Morgan fingerprint density at radius 1 is 0.769 bits per heavy atom. The maximum Gasteiger partial charge on any atom is 0.356 e. The number of aromatic nitrogens is 4. The van der Waals surface area contributed by atoms with Crippen LogP contribution in [0.2, 0.25) is 0 Å². The number of anilines is 4. The number of fused-ring (bicyclic) bond motifs is 2. The van der Waals surface area contributed by atoms with Crippen molar-refractivity contribution in [2.45, 2.75) is 13.5 Å². The molecule has 0 aliphatic carbocycles. The SMILES string of the molecule is CCOC(=O)c1[nH]c2ccccc2c1Nc1ccncc1.OCc1[nH]c2ccccc2c1Nc1ccncc1. The Morgan fingerprint density at radius 2 is 1.28 bits per heavy atom. The predicted molar refractivity (Wildman–Crippen MR) is 154 cm³/mol. The Labute approximate surface area is 224 Å². The topological polar surface area (TPSA) is 128 Å². The number of hydrogen-bond acceptors (Lipinski definition) is 7. The Morgan fingerprint density at radius 3 is 1.85 bits per heavy atom. The molecule has 0 spiro atoms. The molecule has 0 bridgehead atoms. The standard InChI is InChI=1S/C16H15N3O2.C14H13N3O/c1-2-21-16(20)15-14(18-11-7-9-17-10-8-11)12-5-3-4-6-13(12)19-15;18-9-13-14(16-10-5-7-15-8-6-10)11-3-1-2-4-12(11)17-13/h3-10,19H,2H2,1H3,(H,17,18);1-8,17-18H,9H2,(H,15,16). The summed E-state index contributed by atoms with van der Waals surface area (Å²) in [5, 5.41) is 18.0. The average Bonchev–Trinajstić information content (AvgIpc) is 3.53. The number of carbonyl (C=O) groups excluding carboxylic acids is 1. The van der Waals surface area contributed by atoms with E-state index in [9.17, 15) is 9.90 Å². The monoisotopic (exact) mass is 520 g/mol. The minimum Gasteiger partial charge on any atom is -0.461 e. The van der Waals surface area contributed by atoms with Gasteiger partial charge in [-0.15, -0.1) is 0 Å². The average molecular weight is 521 g/mol. The van der Waals surface area contributed by atoms with Crippen LogP contribution >= 0.6 is 0 Å². The van der Waals surface area contributed by atoms with Crippen molar-refractivity contribution in [3.8, 4) is 0 Å². The van der Waals surface area contributed by atoms with E-state index in [1.54, 1.807) is 31.7 Å². The highest BCUT2D eigenvalue weighted by atomic mass is 16.5. The van der Waals surface area contributed by atoms with Crippen molar-refractivity contribution in [3.05, 3.63) is 109 Å². The Kier molecular flexibility index (Phi) is 7.80. The van der Waals surface area contributed by atoms with Crippen molar-refractivity contribution in [2.75, 3.05) is 17.2 Å². The number of nitrogens with one attached hydrogen (secondary N) is 4. The van der Waals surface area contributed by atoms with Crippen LogP contribution in [-0.4, -0.2) is 37.6 Å². The van der Waals surface area contributed by atoms with Crippen LogP contribution in [0, 0.1) is 0 Å². The summed E-state index contributed by atoms with van der Waals surface area (Å²) >= 11 is 0. The molecular formula is C30H28N6O3. The first-order valence-corrected chi connectivity index (χ1v) is 12.5. The highest BCUT2D eigenvalue weighted by Gasteiger charge is 2.18. The zero-order chi connectivity index (χ0) is 27.0. The van der Waals surface area contributed by atoms with Gasteiger partial charge in [0.1, 0.15) is 5.69 Å². The van der Waals surface area contributed by atoms with Gasteiger partial charge in [0, 0.05) is 58.0 Å². The number of rotatable bonds is 7. The molecule has 6 aromatic rings. The number of aromatic amines is 2. The number of ether oxygens (including phenoxy) is 1. The summed E-state index contributed by atoms with van der Waals surface area (Å²) < 4.78 is 5.11. The fourth-order valence-electron chi connectivity index (χ4n) is 4.25. The van der Waals surface area contributed by atoms with Crippen molar-refractivity contribution < 1.29 is 14.6 Å². The zero-order valence-electron chi connectivity index (χ0n) is 21.3. The molecule has 0 amide bonds. The highest BCUT2D eigenvalue weighted by molar-refractivity contribution is 6.07. The number of H-pyrrole nitrogens is 2. The minimum absolute atomic E-state index is 0.0257. The van der Waals surface area contributed by atoms with Crippen molar-refractivity contribution >= 4 is 50.5 Å².